The van der Waals surface area contributed by atoms with E-state index in [9.17, 15) is 0 Å². The molecule has 0 unspecified atom stereocenters. The fourth-order valence-corrected chi connectivity index (χ4v) is 2.79. The maximum absolute atomic E-state index is 4.27. The average Bonchev–Trinajstić information content (AvgIpc) is 2.92. The number of aryl methyl sites for hydroxylation is 1. The number of aromatic nitrogens is 3. The van der Waals surface area contributed by atoms with Crippen LogP contribution in [0.1, 0.15) is 36.6 Å². The molecule has 4 nitrogen and oxygen atoms in total. The zero-order chi connectivity index (χ0) is 13.1. The largest absolute Gasteiger partial charge is 0.311 e. The quantitative estimate of drug-likeness (QED) is 0.912. The molecule has 100 valence electrons. The highest BCUT2D eigenvalue weighted by Gasteiger charge is 2.16. The van der Waals surface area contributed by atoms with Gasteiger partial charge in [-0.05, 0) is 49.4 Å². The van der Waals surface area contributed by atoms with Crippen molar-refractivity contribution < 1.29 is 0 Å². The summed E-state index contributed by atoms with van der Waals surface area (Å²) in [5, 5.41) is 11.7. The Hall–Kier alpha value is -1.68. The lowest BCUT2D eigenvalue weighted by Crippen LogP contribution is -2.17. The van der Waals surface area contributed by atoms with Crippen LogP contribution in [0, 0.1) is 0 Å². The van der Waals surface area contributed by atoms with E-state index in [1.807, 2.05) is 10.9 Å². The molecule has 0 saturated heterocycles. The van der Waals surface area contributed by atoms with Crippen LogP contribution >= 0.6 is 0 Å². The van der Waals surface area contributed by atoms with Gasteiger partial charge < -0.3 is 5.32 Å². The third-order valence-corrected chi connectivity index (χ3v) is 3.78. The third kappa shape index (κ3) is 2.40. The summed E-state index contributed by atoms with van der Waals surface area (Å²) >= 11 is 0. The molecule has 1 heterocycles. The van der Waals surface area contributed by atoms with E-state index in [1.165, 1.54) is 36.1 Å². The van der Waals surface area contributed by atoms with E-state index in [0.717, 1.165) is 25.2 Å². The first-order valence-electron chi connectivity index (χ1n) is 7.11. The van der Waals surface area contributed by atoms with E-state index in [2.05, 4.69) is 40.8 Å². The second-order valence-electron chi connectivity index (χ2n) is 5.04. The molecule has 1 aromatic heterocycles. The van der Waals surface area contributed by atoms with Gasteiger partial charge in [-0.1, -0.05) is 24.3 Å². The molecule has 4 heteroatoms. The molecule has 0 spiro atoms. The summed E-state index contributed by atoms with van der Waals surface area (Å²) in [4.78, 5) is 0. The van der Waals surface area contributed by atoms with Gasteiger partial charge in [0, 0.05) is 6.54 Å². The van der Waals surface area contributed by atoms with Crippen LogP contribution in [0.5, 0.6) is 0 Å². The first kappa shape index (κ1) is 12.4. The normalized spacial score (nSPS) is 14.4. The summed E-state index contributed by atoms with van der Waals surface area (Å²) < 4.78 is 1.99. The fourth-order valence-electron chi connectivity index (χ4n) is 2.79. The van der Waals surface area contributed by atoms with Crippen LogP contribution in [-0.2, 0) is 19.4 Å². The maximum Gasteiger partial charge on any atom is 0.0783 e. The predicted octanol–water partition coefficient (Wildman–Crippen LogP) is 2.26. The minimum absolute atomic E-state index is 0.813. The SMILES string of the molecule is CCNCc1cnnn1-c1cccc2c1CCCC2. The van der Waals surface area contributed by atoms with Crippen molar-refractivity contribution in [3.8, 4) is 5.69 Å². The van der Waals surface area contributed by atoms with Crippen LogP contribution in [0.4, 0.5) is 0 Å². The van der Waals surface area contributed by atoms with E-state index in [0.29, 0.717) is 0 Å². The van der Waals surface area contributed by atoms with E-state index in [4.69, 9.17) is 0 Å². The van der Waals surface area contributed by atoms with E-state index in [1.54, 1.807) is 0 Å². The second kappa shape index (κ2) is 5.53. The molecule has 1 aliphatic carbocycles. The molecule has 0 aliphatic heterocycles. The Morgan fingerprint density at radius 1 is 1.26 bits per heavy atom. The van der Waals surface area contributed by atoms with Crippen molar-refractivity contribution in [3.05, 3.63) is 41.2 Å². The molecule has 0 saturated carbocycles. The van der Waals surface area contributed by atoms with Gasteiger partial charge in [0.25, 0.3) is 0 Å². The summed E-state index contributed by atoms with van der Waals surface area (Å²) in [5.41, 5.74) is 5.27. The lowest BCUT2D eigenvalue weighted by Gasteiger charge is -2.19. The van der Waals surface area contributed by atoms with Crippen molar-refractivity contribution in [3.63, 3.8) is 0 Å². The van der Waals surface area contributed by atoms with Crippen molar-refractivity contribution >= 4 is 0 Å². The molecule has 1 aromatic carbocycles. The van der Waals surface area contributed by atoms with Gasteiger partial charge in [-0.3, -0.25) is 0 Å². The van der Waals surface area contributed by atoms with E-state index in [-0.39, 0.29) is 0 Å². The fraction of sp³-hybridized carbons (Fsp3) is 0.467. The van der Waals surface area contributed by atoms with Crippen molar-refractivity contribution in [2.45, 2.75) is 39.2 Å². The zero-order valence-corrected chi connectivity index (χ0v) is 11.4. The molecule has 1 N–H and O–H groups in total. The number of hydrogen-bond donors (Lipinski definition) is 1. The highest BCUT2D eigenvalue weighted by molar-refractivity contribution is 5.47. The maximum atomic E-state index is 4.27. The number of nitrogens with zero attached hydrogens (tertiary/aromatic N) is 3. The van der Waals surface area contributed by atoms with E-state index < -0.39 is 0 Å². The Bertz CT molecular complexity index is 559. The number of hydrogen-bond acceptors (Lipinski definition) is 3. The summed E-state index contributed by atoms with van der Waals surface area (Å²) in [6, 6.07) is 6.55. The number of fused-ring (bicyclic) bond motifs is 1. The summed E-state index contributed by atoms with van der Waals surface area (Å²) in [6.45, 7) is 3.88. The Balaban J connectivity index is 2.00. The molecule has 1 aliphatic rings. The Kier molecular flexibility index (Phi) is 3.60. The standard InChI is InChI=1S/C15H20N4/c1-2-16-10-13-11-17-18-19(13)15-9-5-7-12-6-3-4-8-14(12)15/h5,7,9,11,16H,2-4,6,8,10H2,1H3. The van der Waals surface area contributed by atoms with Gasteiger partial charge in [-0.2, -0.15) is 0 Å². The molecule has 0 fully saturated rings. The summed E-state index contributed by atoms with van der Waals surface area (Å²) in [7, 11) is 0. The molecule has 3 rings (SSSR count). The Morgan fingerprint density at radius 2 is 2.16 bits per heavy atom. The van der Waals surface area contributed by atoms with Gasteiger partial charge in [0.2, 0.25) is 0 Å². The van der Waals surface area contributed by atoms with Crippen LogP contribution < -0.4 is 5.32 Å². The third-order valence-electron chi connectivity index (χ3n) is 3.78. The van der Waals surface area contributed by atoms with Gasteiger partial charge in [-0.25, -0.2) is 4.68 Å². The first-order chi connectivity index (χ1) is 9.40. The molecule has 2 aromatic rings. The molecule has 19 heavy (non-hydrogen) atoms. The molecule has 0 bridgehead atoms. The molecule has 0 atom stereocenters. The van der Waals surface area contributed by atoms with Crippen molar-refractivity contribution in [2.75, 3.05) is 6.54 Å². The number of nitrogens with one attached hydrogen (secondary N) is 1. The molecule has 0 radical (unpaired) electrons. The Labute approximate surface area is 113 Å². The van der Waals surface area contributed by atoms with E-state index >= 15 is 0 Å². The van der Waals surface area contributed by atoms with Crippen LogP contribution in [0.25, 0.3) is 5.69 Å². The highest BCUT2D eigenvalue weighted by atomic mass is 15.4. The van der Waals surface area contributed by atoms with Gasteiger partial charge in [0.15, 0.2) is 0 Å². The van der Waals surface area contributed by atoms with Gasteiger partial charge in [0.05, 0.1) is 17.6 Å². The van der Waals surface area contributed by atoms with Crippen molar-refractivity contribution in [1.29, 1.82) is 0 Å². The van der Waals surface area contributed by atoms with Crippen LogP contribution in [0.3, 0.4) is 0 Å². The average molecular weight is 256 g/mol. The monoisotopic (exact) mass is 256 g/mol. The minimum Gasteiger partial charge on any atom is -0.311 e. The lowest BCUT2D eigenvalue weighted by molar-refractivity contribution is 0.650. The smallest absolute Gasteiger partial charge is 0.0783 e. The van der Waals surface area contributed by atoms with Gasteiger partial charge in [-0.15, -0.1) is 5.10 Å². The van der Waals surface area contributed by atoms with Gasteiger partial charge >= 0.3 is 0 Å². The first-order valence-corrected chi connectivity index (χ1v) is 7.11. The van der Waals surface area contributed by atoms with Crippen molar-refractivity contribution in [1.82, 2.24) is 20.3 Å². The van der Waals surface area contributed by atoms with Crippen LogP contribution in [0.2, 0.25) is 0 Å². The number of benzene rings is 1. The van der Waals surface area contributed by atoms with Crippen LogP contribution in [-0.4, -0.2) is 21.5 Å². The number of rotatable bonds is 4. The second-order valence-corrected chi connectivity index (χ2v) is 5.04. The van der Waals surface area contributed by atoms with Gasteiger partial charge in [0.1, 0.15) is 0 Å². The highest BCUT2D eigenvalue weighted by Crippen LogP contribution is 2.27. The minimum atomic E-state index is 0.813. The van der Waals surface area contributed by atoms with Crippen molar-refractivity contribution in [2.24, 2.45) is 0 Å². The lowest BCUT2D eigenvalue weighted by atomic mass is 9.90. The summed E-state index contributed by atoms with van der Waals surface area (Å²) in [5.74, 6) is 0. The molecule has 0 amide bonds. The molecular weight excluding hydrogens is 236 g/mol. The molecular formula is C15H20N4. The predicted molar refractivity (Wildman–Crippen MR) is 75.4 cm³/mol. The zero-order valence-electron chi connectivity index (χ0n) is 11.4. The Morgan fingerprint density at radius 3 is 3.05 bits per heavy atom. The van der Waals surface area contributed by atoms with Crippen LogP contribution in [0.15, 0.2) is 24.4 Å². The summed E-state index contributed by atoms with van der Waals surface area (Å²) in [6.07, 6.45) is 6.79. The topological polar surface area (TPSA) is 42.7 Å².